The summed E-state index contributed by atoms with van der Waals surface area (Å²) in [6, 6.07) is 5.43. The molecule has 0 N–H and O–H groups in total. The van der Waals surface area contributed by atoms with E-state index in [0.717, 1.165) is 6.29 Å². The minimum atomic E-state index is -0.572. The van der Waals surface area contributed by atoms with E-state index in [0.29, 0.717) is 17.1 Å². The van der Waals surface area contributed by atoms with Crippen LogP contribution in [0.1, 0.15) is 43.2 Å². The molecule has 0 aliphatic carbocycles. The first kappa shape index (κ1) is 15.9. The average Bonchev–Trinajstić information content (AvgIpc) is 2.94. The molecular formula is C16H19N3O3. The molecule has 0 saturated carbocycles. The molecule has 0 saturated heterocycles. The van der Waals surface area contributed by atoms with Gasteiger partial charge in [-0.1, -0.05) is 19.9 Å². The van der Waals surface area contributed by atoms with Crippen LogP contribution in [0.2, 0.25) is 0 Å². The Morgan fingerprint density at radius 2 is 2.18 bits per heavy atom. The maximum atomic E-state index is 12.2. The van der Waals surface area contributed by atoms with Crippen LogP contribution >= 0.6 is 0 Å². The normalized spacial score (nSPS) is 11.2. The van der Waals surface area contributed by atoms with Gasteiger partial charge in [-0.25, -0.2) is 14.5 Å². The molecule has 0 spiro atoms. The number of esters is 1. The van der Waals surface area contributed by atoms with Crippen molar-refractivity contribution >= 4 is 12.3 Å². The van der Waals surface area contributed by atoms with Crippen molar-refractivity contribution in [3.63, 3.8) is 0 Å². The minimum absolute atomic E-state index is 0.262. The standard InChI is InChI=1S/C16H19N3O3/c1-4-22-15(21)12-11-18-19(13-7-5-6-9-17-13)14(12)16(2,3)8-10-20/h5-7,9-11H,4,8H2,1-3H3. The van der Waals surface area contributed by atoms with E-state index in [4.69, 9.17) is 4.74 Å². The summed E-state index contributed by atoms with van der Waals surface area (Å²) in [6.07, 6.45) is 4.22. The summed E-state index contributed by atoms with van der Waals surface area (Å²) in [5.74, 6) is 0.144. The van der Waals surface area contributed by atoms with Gasteiger partial charge < -0.3 is 9.53 Å². The van der Waals surface area contributed by atoms with Gasteiger partial charge in [-0.15, -0.1) is 0 Å². The van der Waals surface area contributed by atoms with E-state index in [1.165, 1.54) is 6.20 Å². The molecular weight excluding hydrogens is 282 g/mol. The van der Waals surface area contributed by atoms with Gasteiger partial charge >= 0.3 is 5.97 Å². The second-order valence-corrected chi connectivity index (χ2v) is 5.48. The monoisotopic (exact) mass is 301 g/mol. The van der Waals surface area contributed by atoms with E-state index >= 15 is 0 Å². The maximum absolute atomic E-state index is 12.2. The number of rotatable bonds is 6. The summed E-state index contributed by atoms with van der Waals surface area (Å²) >= 11 is 0. The highest BCUT2D eigenvalue weighted by Gasteiger charge is 2.32. The Balaban J connectivity index is 2.60. The van der Waals surface area contributed by atoms with Crippen LogP contribution in [0.5, 0.6) is 0 Å². The summed E-state index contributed by atoms with van der Waals surface area (Å²) < 4.78 is 6.68. The van der Waals surface area contributed by atoms with Crippen molar-refractivity contribution in [1.82, 2.24) is 14.8 Å². The van der Waals surface area contributed by atoms with E-state index in [-0.39, 0.29) is 13.0 Å². The molecule has 2 rings (SSSR count). The summed E-state index contributed by atoms with van der Waals surface area (Å²) in [5.41, 5.74) is 0.411. The van der Waals surface area contributed by atoms with Crippen molar-refractivity contribution < 1.29 is 14.3 Å². The lowest BCUT2D eigenvalue weighted by atomic mass is 9.84. The molecule has 2 aromatic rings. The predicted octanol–water partition coefficient (Wildman–Crippen LogP) is 2.31. The lowest BCUT2D eigenvalue weighted by Gasteiger charge is -2.24. The third-order valence-corrected chi connectivity index (χ3v) is 3.37. The molecule has 2 aromatic heterocycles. The molecule has 116 valence electrons. The Morgan fingerprint density at radius 1 is 1.41 bits per heavy atom. The van der Waals surface area contributed by atoms with Gasteiger partial charge in [-0.2, -0.15) is 5.10 Å². The number of ether oxygens (including phenoxy) is 1. The van der Waals surface area contributed by atoms with E-state index in [2.05, 4.69) is 10.1 Å². The van der Waals surface area contributed by atoms with E-state index in [1.807, 2.05) is 19.9 Å². The van der Waals surface area contributed by atoms with E-state index < -0.39 is 11.4 Å². The predicted molar refractivity (Wildman–Crippen MR) is 81.0 cm³/mol. The summed E-state index contributed by atoms with van der Waals surface area (Å²) in [4.78, 5) is 27.4. The quantitative estimate of drug-likeness (QED) is 0.604. The molecule has 22 heavy (non-hydrogen) atoms. The van der Waals surface area contributed by atoms with Gasteiger partial charge in [0.05, 0.1) is 18.5 Å². The van der Waals surface area contributed by atoms with Gasteiger partial charge in [0.25, 0.3) is 0 Å². The van der Waals surface area contributed by atoms with Gasteiger partial charge in [0.2, 0.25) is 0 Å². The van der Waals surface area contributed by atoms with Crippen molar-refractivity contribution in [3.05, 3.63) is 41.9 Å². The largest absolute Gasteiger partial charge is 0.462 e. The van der Waals surface area contributed by atoms with Gasteiger partial charge in [0.15, 0.2) is 5.82 Å². The second kappa shape index (κ2) is 6.51. The summed E-state index contributed by atoms with van der Waals surface area (Å²) in [7, 11) is 0. The third-order valence-electron chi connectivity index (χ3n) is 3.37. The number of carbonyl (C=O) groups is 2. The molecule has 2 heterocycles. The first-order valence-electron chi connectivity index (χ1n) is 7.12. The van der Waals surface area contributed by atoms with Crippen LogP contribution in [0.3, 0.4) is 0 Å². The van der Waals surface area contributed by atoms with Crippen LogP contribution < -0.4 is 0 Å². The van der Waals surface area contributed by atoms with Gasteiger partial charge in [-0.05, 0) is 19.1 Å². The first-order chi connectivity index (χ1) is 10.5. The van der Waals surface area contributed by atoms with E-state index in [9.17, 15) is 9.59 Å². The Hall–Kier alpha value is -2.50. The van der Waals surface area contributed by atoms with Crippen molar-refractivity contribution in [1.29, 1.82) is 0 Å². The maximum Gasteiger partial charge on any atom is 0.341 e. The molecule has 0 aliphatic heterocycles. The Labute approximate surface area is 129 Å². The molecule has 0 amide bonds. The lowest BCUT2D eigenvalue weighted by molar-refractivity contribution is -0.108. The van der Waals surface area contributed by atoms with Crippen molar-refractivity contribution in [2.24, 2.45) is 0 Å². The zero-order chi connectivity index (χ0) is 16.2. The molecule has 6 nitrogen and oxygen atoms in total. The zero-order valence-electron chi connectivity index (χ0n) is 12.9. The highest BCUT2D eigenvalue weighted by atomic mass is 16.5. The third kappa shape index (κ3) is 3.05. The number of hydrogen-bond acceptors (Lipinski definition) is 5. The minimum Gasteiger partial charge on any atom is -0.462 e. The summed E-state index contributed by atoms with van der Waals surface area (Å²) in [5, 5.41) is 4.28. The number of hydrogen-bond donors (Lipinski definition) is 0. The van der Waals surface area contributed by atoms with Crippen LogP contribution in [-0.2, 0) is 14.9 Å². The van der Waals surface area contributed by atoms with Crippen LogP contribution in [0.15, 0.2) is 30.6 Å². The Bertz CT molecular complexity index is 663. The molecule has 6 heteroatoms. The second-order valence-electron chi connectivity index (χ2n) is 5.48. The lowest BCUT2D eigenvalue weighted by Crippen LogP contribution is -2.26. The van der Waals surface area contributed by atoms with Gasteiger partial charge in [0, 0.05) is 18.0 Å². The van der Waals surface area contributed by atoms with E-state index in [1.54, 1.807) is 29.9 Å². The fourth-order valence-electron chi connectivity index (χ4n) is 2.32. The highest BCUT2D eigenvalue weighted by molar-refractivity contribution is 5.91. The summed E-state index contributed by atoms with van der Waals surface area (Å²) in [6.45, 7) is 5.81. The Kier molecular flexibility index (Phi) is 4.70. The molecule has 0 bridgehead atoms. The molecule has 0 radical (unpaired) electrons. The fraction of sp³-hybridized carbons (Fsp3) is 0.375. The van der Waals surface area contributed by atoms with Crippen molar-refractivity contribution in [3.8, 4) is 5.82 Å². The average molecular weight is 301 g/mol. The molecule has 0 aromatic carbocycles. The smallest absolute Gasteiger partial charge is 0.341 e. The van der Waals surface area contributed by atoms with Crippen molar-refractivity contribution in [2.75, 3.05) is 6.61 Å². The van der Waals surface area contributed by atoms with Crippen molar-refractivity contribution in [2.45, 2.75) is 32.6 Å². The number of pyridine rings is 1. The zero-order valence-corrected chi connectivity index (χ0v) is 12.9. The Morgan fingerprint density at radius 3 is 2.77 bits per heavy atom. The van der Waals surface area contributed by atoms with Gasteiger partial charge in [-0.3, -0.25) is 0 Å². The SMILES string of the molecule is CCOC(=O)c1cnn(-c2ccccn2)c1C(C)(C)CC=O. The van der Waals surface area contributed by atoms with Crippen LogP contribution in [0, 0.1) is 0 Å². The molecule has 0 fully saturated rings. The number of aldehydes is 1. The number of nitrogens with zero attached hydrogens (tertiary/aromatic N) is 3. The number of aromatic nitrogens is 3. The van der Waals surface area contributed by atoms with Crippen LogP contribution in [0.25, 0.3) is 5.82 Å². The van der Waals surface area contributed by atoms with Crippen LogP contribution in [0.4, 0.5) is 0 Å². The molecule has 0 aliphatic rings. The van der Waals surface area contributed by atoms with Gasteiger partial charge in [0.1, 0.15) is 11.8 Å². The number of carbonyl (C=O) groups excluding carboxylic acids is 2. The molecule has 0 atom stereocenters. The highest BCUT2D eigenvalue weighted by Crippen LogP contribution is 2.31. The van der Waals surface area contributed by atoms with Crippen LogP contribution in [-0.4, -0.2) is 33.6 Å². The molecule has 0 unspecified atom stereocenters. The first-order valence-corrected chi connectivity index (χ1v) is 7.12. The topological polar surface area (TPSA) is 74.1 Å². The fourth-order valence-corrected chi connectivity index (χ4v) is 2.32.